The highest BCUT2D eigenvalue weighted by Crippen LogP contribution is 2.50. The van der Waals surface area contributed by atoms with Gasteiger partial charge in [-0.1, -0.05) is 37.3 Å². The maximum atomic E-state index is 9.94. The summed E-state index contributed by atoms with van der Waals surface area (Å²) in [4.78, 5) is 0. The highest BCUT2D eigenvalue weighted by atomic mass is 31.1. The summed E-state index contributed by atoms with van der Waals surface area (Å²) in [6.45, 7) is 2.15. The zero-order chi connectivity index (χ0) is 9.26. The van der Waals surface area contributed by atoms with Crippen LogP contribution >= 0.6 is 7.92 Å². The van der Waals surface area contributed by atoms with E-state index in [-0.39, 0.29) is 13.8 Å². The predicted octanol–water partition coefficient (Wildman–Crippen LogP) is 2.15. The van der Waals surface area contributed by atoms with E-state index in [0.29, 0.717) is 5.92 Å². The number of hydrogen-bond acceptors (Lipinski definition) is 1. The van der Waals surface area contributed by atoms with Crippen LogP contribution < -0.4 is 5.30 Å². The van der Waals surface area contributed by atoms with Crippen molar-refractivity contribution in [2.45, 2.75) is 19.2 Å². The summed E-state index contributed by atoms with van der Waals surface area (Å²) >= 11 is 0. The summed E-state index contributed by atoms with van der Waals surface area (Å²) in [7, 11) is -0.285. The molecule has 0 aliphatic carbocycles. The summed E-state index contributed by atoms with van der Waals surface area (Å²) in [6, 6.07) is 10.4. The second kappa shape index (κ2) is 3.77. The van der Waals surface area contributed by atoms with Gasteiger partial charge in [0.05, 0.1) is 5.85 Å². The van der Waals surface area contributed by atoms with Gasteiger partial charge in [-0.2, -0.15) is 0 Å². The average molecular weight is 194 g/mol. The Bertz CT molecular complexity index is 273. The van der Waals surface area contributed by atoms with Crippen LogP contribution in [0.2, 0.25) is 0 Å². The van der Waals surface area contributed by atoms with E-state index in [4.69, 9.17) is 0 Å². The fraction of sp³-hybridized carbons (Fsp3) is 0.455. The first-order chi connectivity index (χ1) is 6.29. The van der Waals surface area contributed by atoms with Crippen molar-refractivity contribution in [3.63, 3.8) is 0 Å². The van der Waals surface area contributed by atoms with E-state index in [1.165, 1.54) is 17.9 Å². The Balaban J connectivity index is 2.19. The van der Waals surface area contributed by atoms with Gasteiger partial charge in [0.15, 0.2) is 0 Å². The maximum Gasteiger partial charge on any atom is 0.0797 e. The van der Waals surface area contributed by atoms with Gasteiger partial charge in [-0.25, -0.2) is 0 Å². The molecule has 0 saturated carbocycles. The number of rotatable bonds is 1. The van der Waals surface area contributed by atoms with Gasteiger partial charge in [-0.05, 0) is 31.7 Å². The topological polar surface area (TPSA) is 20.2 Å². The SMILES string of the molecule is CC1CCP(c2ccccc2)C1O. The first-order valence-electron chi connectivity index (χ1n) is 4.79. The average Bonchev–Trinajstić information content (AvgIpc) is 2.49. The molecular weight excluding hydrogens is 179 g/mol. The summed E-state index contributed by atoms with van der Waals surface area (Å²) in [5.74, 6) is 0.420. The first-order valence-corrected chi connectivity index (χ1v) is 6.38. The van der Waals surface area contributed by atoms with Crippen LogP contribution in [0.4, 0.5) is 0 Å². The largest absolute Gasteiger partial charge is 0.388 e. The molecule has 1 heterocycles. The minimum absolute atomic E-state index is 0.0719. The van der Waals surface area contributed by atoms with Crippen LogP contribution in [-0.2, 0) is 0 Å². The predicted molar refractivity (Wildman–Crippen MR) is 57.7 cm³/mol. The van der Waals surface area contributed by atoms with Gasteiger partial charge in [0.25, 0.3) is 0 Å². The lowest BCUT2D eigenvalue weighted by Gasteiger charge is -2.17. The molecule has 0 bridgehead atoms. The Labute approximate surface area is 80.5 Å². The Kier molecular flexibility index (Phi) is 2.66. The van der Waals surface area contributed by atoms with Crippen LogP contribution in [0.3, 0.4) is 0 Å². The molecule has 1 saturated heterocycles. The number of aliphatic hydroxyl groups excluding tert-OH is 1. The molecule has 1 N–H and O–H groups in total. The zero-order valence-electron chi connectivity index (χ0n) is 7.85. The molecule has 1 aliphatic heterocycles. The van der Waals surface area contributed by atoms with E-state index in [0.717, 1.165) is 0 Å². The lowest BCUT2D eigenvalue weighted by Crippen LogP contribution is -2.13. The third-order valence-electron chi connectivity index (χ3n) is 2.74. The van der Waals surface area contributed by atoms with Gasteiger partial charge in [0.2, 0.25) is 0 Å². The molecule has 3 unspecified atom stereocenters. The Morgan fingerprint density at radius 1 is 1.31 bits per heavy atom. The summed E-state index contributed by atoms with van der Waals surface area (Å²) in [6.07, 6.45) is 2.38. The van der Waals surface area contributed by atoms with Crippen molar-refractivity contribution >= 4 is 13.2 Å². The van der Waals surface area contributed by atoms with Crippen molar-refractivity contribution in [1.29, 1.82) is 0 Å². The quantitative estimate of drug-likeness (QED) is 0.679. The maximum absolute atomic E-state index is 9.94. The molecule has 0 radical (unpaired) electrons. The molecule has 2 rings (SSSR count). The molecule has 0 aromatic heterocycles. The number of benzene rings is 1. The molecule has 1 aromatic rings. The molecule has 1 nitrogen and oxygen atoms in total. The van der Waals surface area contributed by atoms with Gasteiger partial charge in [-0.15, -0.1) is 0 Å². The van der Waals surface area contributed by atoms with Crippen LogP contribution in [0.25, 0.3) is 0 Å². The van der Waals surface area contributed by atoms with E-state index < -0.39 is 0 Å². The number of hydrogen-bond donors (Lipinski definition) is 1. The van der Waals surface area contributed by atoms with Crippen LogP contribution in [0, 0.1) is 5.92 Å². The summed E-state index contributed by atoms with van der Waals surface area (Å²) in [5.41, 5.74) is 0. The van der Waals surface area contributed by atoms with E-state index >= 15 is 0 Å². The van der Waals surface area contributed by atoms with Crippen LogP contribution in [0.1, 0.15) is 13.3 Å². The van der Waals surface area contributed by atoms with Crippen LogP contribution in [0.15, 0.2) is 30.3 Å². The van der Waals surface area contributed by atoms with E-state index in [1.54, 1.807) is 0 Å². The van der Waals surface area contributed by atoms with Crippen molar-refractivity contribution in [3.05, 3.63) is 30.3 Å². The third kappa shape index (κ3) is 1.77. The molecule has 2 heteroatoms. The summed E-state index contributed by atoms with van der Waals surface area (Å²) in [5, 5.41) is 11.3. The van der Waals surface area contributed by atoms with Gasteiger partial charge in [-0.3, -0.25) is 0 Å². The molecule has 1 aliphatic rings. The Morgan fingerprint density at radius 3 is 2.54 bits per heavy atom. The smallest absolute Gasteiger partial charge is 0.0797 e. The lowest BCUT2D eigenvalue weighted by atomic mass is 10.1. The summed E-state index contributed by atoms with van der Waals surface area (Å²) < 4.78 is 0. The Morgan fingerprint density at radius 2 is 2.00 bits per heavy atom. The van der Waals surface area contributed by atoms with Crippen molar-refractivity contribution < 1.29 is 5.11 Å². The van der Waals surface area contributed by atoms with Gasteiger partial charge >= 0.3 is 0 Å². The van der Waals surface area contributed by atoms with E-state index in [9.17, 15) is 5.11 Å². The third-order valence-corrected chi connectivity index (χ3v) is 5.59. The molecular formula is C11H15OP. The van der Waals surface area contributed by atoms with Crippen molar-refractivity contribution in [2.75, 3.05) is 6.16 Å². The van der Waals surface area contributed by atoms with Crippen molar-refractivity contribution in [1.82, 2.24) is 0 Å². The monoisotopic (exact) mass is 194 g/mol. The fourth-order valence-electron chi connectivity index (χ4n) is 1.83. The fourth-order valence-corrected chi connectivity index (χ4v) is 4.66. The van der Waals surface area contributed by atoms with E-state index in [1.807, 2.05) is 6.07 Å². The van der Waals surface area contributed by atoms with Crippen molar-refractivity contribution in [2.24, 2.45) is 5.92 Å². The Hall–Kier alpha value is -0.390. The normalized spacial score (nSPS) is 33.5. The minimum Gasteiger partial charge on any atom is -0.388 e. The second-order valence-electron chi connectivity index (χ2n) is 3.71. The molecule has 0 spiro atoms. The zero-order valence-corrected chi connectivity index (χ0v) is 8.74. The second-order valence-corrected chi connectivity index (χ2v) is 6.14. The minimum atomic E-state index is -0.285. The van der Waals surface area contributed by atoms with E-state index in [2.05, 4.69) is 31.2 Å². The van der Waals surface area contributed by atoms with Gasteiger partial charge < -0.3 is 5.11 Å². The first kappa shape index (κ1) is 9.18. The van der Waals surface area contributed by atoms with Gasteiger partial charge in [0.1, 0.15) is 0 Å². The molecule has 1 aromatic carbocycles. The van der Waals surface area contributed by atoms with Crippen LogP contribution in [-0.4, -0.2) is 17.1 Å². The van der Waals surface area contributed by atoms with Crippen LogP contribution in [0.5, 0.6) is 0 Å². The van der Waals surface area contributed by atoms with Crippen molar-refractivity contribution in [3.8, 4) is 0 Å². The standard InChI is InChI=1S/C11H15OP/c1-9-7-8-13(11(9)12)10-5-3-2-4-6-10/h2-6,9,11-12H,7-8H2,1H3. The number of aliphatic hydroxyl groups is 1. The highest BCUT2D eigenvalue weighted by Gasteiger charge is 2.31. The lowest BCUT2D eigenvalue weighted by molar-refractivity contribution is 0.206. The highest BCUT2D eigenvalue weighted by molar-refractivity contribution is 7.66. The molecule has 1 fully saturated rings. The molecule has 3 atom stereocenters. The van der Waals surface area contributed by atoms with Gasteiger partial charge in [0, 0.05) is 0 Å². The molecule has 0 amide bonds. The molecule has 13 heavy (non-hydrogen) atoms. The molecule has 70 valence electrons.